The van der Waals surface area contributed by atoms with Crippen LogP contribution in [0.5, 0.6) is 0 Å². The summed E-state index contributed by atoms with van der Waals surface area (Å²) in [6.07, 6.45) is 2.12. The number of thioether (sulfide) groups is 1. The highest BCUT2D eigenvalue weighted by Crippen LogP contribution is 2.12. The van der Waals surface area contributed by atoms with E-state index in [1.807, 2.05) is 46.5 Å². The Balaban J connectivity index is 0. The lowest BCUT2D eigenvalue weighted by Crippen LogP contribution is -1.87. The van der Waals surface area contributed by atoms with Gasteiger partial charge in [0.1, 0.15) is 0 Å². The van der Waals surface area contributed by atoms with Crippen LogP contribution >= 0.6 is 11.8 Å². The van der Waals surface area contributed by atoms with E-state index in [1.165, 1.54) is 11.3 Å². The number of hydrogen-bond donors (Lipinski definition) is 1. The summed E-state index contributed by atoms with van der Waals surface area (Å²) in [6.45, 7) is 8.00. The quantitative estimate of drug-likeness (QED) is 0.807. The number of hydrogen-bond acceptors (Lipinski definition) is 2. The molecular weight excluding hydrogens is 202 g/mol. The van der Waals surface area contributed by atoms with Crippen LogP contribution in [0.2, 0.25) is 0 Å². The van der Waals surface area contributed by atoms with Gasteiger partial charge in [-0.15, -0.1) is 0 Å². The first-order chi connectivity index (χ1) is 7.36. The molecule has 1 aromatic rings. The van der Waals surface area contributed by atoms with Gasteiger partial charge in [-0.2, -0.15) is 11.8 Å². The Morgan fingerprint density at radius 3 is 1.80 bits per heavy atom. The van der Waals surface area contributed by atoms with Crippen molar-refractivity contribution in [3.05, 3.63) is 29.8 Å². The van der Waals surface area contributed by atoms with Crippen molar-refractivity contribution in [1.82, 2.24) is 0 Å². The first-order valence-corrected chi connectivity index (χ1v) is 7.02. The van der Waals surface area contributed by atoms with Gasteiger partial charge in [-0.1, -0.05) is 39.8 Å². The second kappa shape index (κ2) is 13.4. The molecule has 0 aliphatic rings. The third-order valence-electron chi connectivity index (χ3n) is 1.55. The summed E-state index contributed by atoms with van der Waals surface area (Å²) in [4.78, 5) is 0. The van der Waals surface area contributed by atoms with Crippen molar-refractivity contribution in [2.24, 2.45) is 0 Å². The minimum absolute atomic E-state index is 1.10. The molecule has 0 radical (unpaired) electrons. The summed E-state index contributed by atoms with van der Waals surface area (Å²) in [5.41, 5.74) is 2.56. The second-order valence-electron chi connectivity index (χ2n) is 2.38. The molecule has 0 fully saturated rings. The van der Waals surface area contributed by atoms with E-state index in [9.17, 15) is 0 Å². The highest BCUT2D eigenvalue weighted by Gasteiger charge is 1.90. The third-order valence-corrected chi connectivity index (χ3v) is 2.18. The molecule has 1 nitrogen and oxygen atoms in total. The van der Waals surface area contributed by atoms with Crippen molar-refractivity contribution in [3.8, 4) is 0 Å². The molecule has 0 aliphatic heterocycles. The van der Waals surface area contributed by atoms with Crippen LogP contribution in [0.15, 0.2) is 24.3 Å². The first kappa shape index (κ1) is 16.8. The Kier molecular flexibility index (Phi) is 15.0. The van der Waals surface area contributed by atoms with Crippen LogP contribution in [0, 0.1) is 0 Å². The Morgan fingerprint density at radius 1 is 1.00 bits per heavy atom. The maximum atomic E-state index is 3.09. The largest absolute Gasteiger partial charge is 0.388 e. The monoisotopic (exact) mass is 227 g/mol. The van der Waals surface area contributed by atoms with Gasteiger partial charge in [0.05, 0.1) is 0 Å². The van der Waals surface area contributed by atoms with Gasteiger partial charge in [-0.05, 0) is 24.0 Å². The van der Waals surface area contributed by atoms with Crippen LogP contribution in [0.3, 0.4) is 0 Å². The maximum absolute atomic E-state index is 3.09. The van der Waals surface area contributed by atoms with Gasteiger partial charge >= 0.3 is 0 Å². The van der Waals surface area contributed by atoms with E-state index in [1.54, 1.807) is 0 Å². The summed E-state index contributed by atoms with van der Waals surface area (Å²) in [5.74, 6) is 1.10. The zero-order chi connectivity index (χ0) is 12.1. The molecule has 0 heterocycles. The smallest absolute Gasteiger partial charge is 0.0337 e. The molecule has 1 aromatic carbocycles. The highest BCUT2D eigenvalue weighted by atomic mass is 32.2. The van der Waals surface area contributed by atoms with Crippen LogP contribution in [-0.4, -0.2) is 13.3 Å². The molecule has 15 heavy (non-hydrogen) atoms. The fourth-order valence-electron chi connectivity index (χ4n) is 0.934. The molecule has 1 N–H and O–H groups in total. The van der Waals surface area contributed by atoms with Gasteiger partial charge < -0.3 is 5.32 Å². The highest BCUT2D eigenvalue weighted by molar-refractivity contribution is 7.97. The van der Waals surface area contributed by atoms with Gasteiger partial charge in [0.25, 0.3) is 0 Å². The summed E-state index contributed by atoms with van der Waals surface area (Å²) >= 11 is 1.85. The summed E-state index contributed by atoms with van der Waals surface area (Å²) in [6, 6.07) is 8.52. The van der Waals surface area contributed by atoms with Crippen molar-refractivity contribution >= 4 is 17.4 Å². The van der Waals surface area contributed by atoms with E-state index < -0.39 is 0 Å². The van der Waals surface area contributed by atoms with Gasteiger partial charge in [-0.3, -0.25) is 0 Å². The molecule has 0 aliphatic carbocycles. The number of benzene rings is 1. The van der Waals surface area contributed by atoms with Crippen LogP contribution in [0.1, 0.15) is 33.3 Å². The third kappa shape index (κ3) is 8.37. The van der Waals surface area contributed by atoms with Crippen LogP contribution in [0.25, 0.3) is 0 Å². The topological polar surface area (TPSA) is 12.0 Å². The van der Waals surface area contributed by atoms with Crippen LogP contribution < -0.4 is 5.32 Å². The lowest BCUT2D eigenvalue weighted by molar-refractivity contribution is 1.40. The normalized spacial score (nSPS) is 7.87. The van der Waals surface area contributed by atoms with E-state index in [0.717, 1.165) is 5.75 Å². The predicted octanol–water partition coefficient (Wildman–Crippen LogP) is 4.64. The molecule has 0 spiro atoms. The molecule has 0 saturated carbocycles. The summed E-state index contributed by atoms with van der Waals surface area (Å²) in [5, 5.41) is 3.09. The molecule has 0 atom stereocenters. The molecule has 2 heteroatoms. The average Bonchev–Trinajstić information content (AvgIpc) is 2.36. The lowest BCUT2D eigenvalue weighted by Gasteiger charge is -2.01. The molecular formula is C13H25NS. The zero-order valence-corrected chi connectivity index (χ0v) is 11.7. The zero-order valence-electron chi connectivity index (χ0n) is 10.9. The Labute approximate surface area is 99.7 Å². The van der Waals surface area contributed by atoms with Crippen molar-refractivity contribution in [1.29, 1.82) is 0 Å². The minimum atomic E-state index is 1.10. The van der Waals surface area contributed by atoms with E-state index in [0.29, 0.717) is 0 Å². The van der Waals surface area contributed by atoms with E-state index >= 15 is 0 Å². The lowest BCUT2D eigenvalue weighted by atomic mass is 10.2. The number of anilines is 1. The van der Waals surface area contributed by atoms with Gasteiger partial charge in [0.2, 0.25) is 0 Å². The molecule has 0 bridgehead atoms. The van der Waals surface area contributed by atoms with Gasteiger partial charge in [-0.25, -0.2) is 0 Å². The van der Waals surface area contributed by atoms with Gasteiger partial charge in [0.15, 0.2) is 0 Å². The van der Waals surface area contributed by atoms with Crippen molar-refractivity contribution in [2.45, 2.75) is 33.4 Å². The maximum Gasteiger partial charge on any atom is 0.0337 e. The van der Waals surface area contributed by atoms with Crippen molar-refractivity contribution in [2.75, 3.05) is 18.6 Å². The molecule has 0 unspecified atom stereocenters. The Morgan fingerprint density at radius 2 is 1.47 bits per heavy atom. The molecule has 0 amide bonds. The molecule has 0 saturated heterocycles. The fraction of sp³-hybridized carbons (Fsp3) is 0.538. The molecule has 0 aromatic heterocycles. The van der Waals surface area contributed by atoms with Crippen molar-refractivity contribution < 1.29 is 0 Å². The average molecular weight is 227 g/mol. The first-order valence-electron chi connectivity index (χ1n) is 5.62. The minimum Gasteiger partial charge on any atom is -0.388 e. The van der Waals surface area contributed by atoms with Crippen LogP contribution in [0.4, 0.5) is 5.69 Å². The van der Waals surface area contributed by atoms with Crippen molar-refractivity contribution in [3.63, 3.8) is 0 Å². The summed E-state index contributed by atoms with van der Waals surface area (Å²) in [7, 11) is 1.93. The van der Waals surface area contributed by atoms with Gasteiger partial charge in [0, 0.05) is 18.5 Å². The SMILES string of the molecule is CC.CC.CNc1ccc(CSC)cc1. The Bertz CT molecular complexity index is 206. The van der Waals surface area contributed by atoms with E-state index in [4.69, 9.17) is 0 Å². The second-order valence-corrected chi connectivity index (χ2v) is 3.25. The predicted molar refractivity (Wildman–Crippen MR) is 75.9 cm³/mol. The van der Waals surface area contributed by atoms with E-state index in [2.05, 4.69) is 35.8 Å². The summed E-state index contributed by atoms with van der Waals surface area (Å²) < 4.78 is 0. The Hall–Kier alpha value is -0.630. The number of nitrogens with one attached hydrogen (secondary N) is 1. The fourth-order valence-corrected chi connectivity index (χ4v) is 1.46. The molecule has 88 valence electrons. The standard InChI is InChI=1S/C9H13NS.2C2H6/c1-10-9-5-3-8(4-6-9)7-11-2;2*1-2/h3-6,10H,7H2,1-2H3;2*1-2H3. The van der Waals surface area contributed by atoms with E-state index in [-0.39, 0.29) is 0 Å². The number of rotatable bonds is 3. The molecule has 1 rings (SSSR count). The van der Waals surface area contributed by atoms with Crippen LogP contribution in [-0.2, 0) is 5.75 Å².